The highest BCUT2D eigenvalue weighted by atomic mass is 35.5. The fraction of sp³-hybridized carbons (Fsp3) is 0.296. The summed E-state index contributed by atoms with van der Waals surface area (Å²) in [6.45, 7) is 2.31. The van der Waals surface area contributed by atoms with Crippen molar-refractivity contribution in [1.29, 1.82) is 0 Å². The first kappa shape index (κ1) is 23.1. The number of nitrogens with one attached hydrogen (secondary N) is 1. The first-order valence-electron chi connectivity index (χ1n) is 11.2. The van der Waals surface area contributed by atoms with Crippen molar-refractivity contribution in [1.82, 2.24) is 10.2 Å². The zero-order valence-electron chi connectivity index (χ0n) is 19.1. The number of ether oxygens (including phenoxy) is 1. The van der Waals surface area contributed by atoms with E-state index in [1.54, 1.807) is 24.3 Å². The Morgan fingerprint density at radius 2 is 1.73 bits per heavy atom. The molecule has 1 aliphatic rings. The molecule has 6 heteroatoms. The Morgan fingerprint density at radius 1 is 1.03 bits per heavy atom. The number of halogens is 1. The molecule has 33 heavy (non-hydrogen) atoms. The first-order valence-corrected chi connectivity index (χ1v) is 11.6. The molecule has 0 aromatic heterocycles. The van der Waals surface area contributed by atoms with Crippen LogP contribution in [0.4, 0.5) is 5.69 Å². The van der Waals surface area contributed by atoms with Gasteiger partial charge in [-0.05, 0) is 59.5 Å². The number of amides is 1. The normalized spacial score (nSPS) is 14.3. The molecule has 1 N–H and O–H groups in total. The van der Waals surface area contributed by atoms with Gasteiger partial charge in [-0.15, -0.1) is 0 Å². The minimum atomic E-state index is -0.141. The van der Waals surface area contributed by atoms with Crippen LogP contribution in [0, 0.1) is 0 Å². The van der Waals surface area contributed by atoms with Crippen LogP contribution in [-0.2, 0) is 17.8 Å². The van der Waals surface area contributed by atoms with Gasteiger partial charge in [0.1, 0.15) is 5.75 Å². The van der Waals surface area contributed by atoms with Crippen LogP contribution in [-0.4, -0.2) is 44.6 Å². The minimum Gasteiger partial charge on any atom is -0.484 e. The lowest BCUT2D eigenvalue weighted by Crippen LogP contribution is -2.41. The minimum absolute atomic E-state index is 0.0310. The van der Waals surface area contributed by atoms with E-state index >= 15 is 0 Å². The maximum absolute atomic E-state index is 12.6. The van der Waals surface area contributed by atoms with E-state index in [9.17, 15) is 4.79 Å². The van der Waals surface area contributed by atoms with Gasteiger partial charge in [0, 0.05) is 44.4 Å². The van der Waals surface area contributed by atoms with Gasteiger partial charge in [-0.25, -0.2) is 0 Å². The number of nitrogens with zero attached hydrogens (tertiary/aromatic N) is 2. The molecule has 0 aliphatic carbocycles. The highest BCUT2D eigenvalue weighted by molar-refractivity contribution is 6.30. The van der Waals surface area contributed by atoms with E-state index in [0.29, 0.717) is 17.3 Å². The van der Waals surface area contributed by atoms with E-state index in [2.05, 4.69) is 63.6 Å². The summed E-state index contributed by atoms with van der Waals surface area (Å²) in [6, 6.07) is 24.3. The summed E-state index contributed by atoms with van der Waals surface area (Å²) in [7, 11) is 4.07. The predicted molar refractivity (Wildman–Crippen MR) is 134 cm³/mol. The highest BCUT2D eigenvalue weighted by Crippen LogP contribution is 2.28. The molecule has 3 aromatic carbocycles. The number of rotatable bonds is 8. The Labute approximate surface area is 200 Å². The number of carbonyl (C=O) groups is 1. The molecule has 1 heterocycles. The Morgan fingerprint density at radius 3 is 2.42 bits per heavy atom. The van der Waals surface area contributed by atoms with Crippen LogP contribution in [0.3, 0.4) is 0 Å². The van der Waals surface area contributed by atoms with Gasteiger partial charge in [-0.2, -0.15) is 0 Å². The first-order chi connectivity index (χ1) is 16.0. The maximum atomic E-state index is 12.6. The van der Waals surface area contributed by atoms with Crippen molar-refractivity contribution in [2.45, 2.75) is 19.0 Å². The Balaban J connectivity index is 1.44. The molecule has 0 unspecified atom stereocenters. The average Bonchev–Trinajstić information content (AvgIpc) is 2.84. The maximum Gasteiger partial charge on any atom is 0.258 e. The van der Waals surface area contributed by atoms with E-state index in [1.807, 2.05) is 14.1 Å². The van der Waals surface area contributed by atoms with Crippen LogP contribution in [0.1, 0.15) is 22.7 Å². The number of fused-ring (bicyclic) bond motifs is 1. The molecule has 172 valence electrons. The van der Waals surface area contributed by atoms with Crippen molar-refractivity contribution < 1.29 is 9.53 Å². The van der Waals surface area contributed by atoms with E-state index in [-0.39, 0.29) is 18.6 Å². The van der Waals surface area contributed by atoms with Crippen molar-refractivity contribution in [3.8, 4) is 5.75 Å². The lowest BCUT2D eigenvalue weighted by Gasteiger charge is -2.36. The molecule has 1 atom stereocenters. The van der Waals surface area contributed by atoms with Gasteiger partial charge in [-0.1, -0.05) is 48.0 Å². The fourth-order valence-electron chi connectivity index (χ4n) is 4.18. The summed E-state index contributed by atoms with van der Waals surface area (Å²) in [5.41, 5.74) is 5.12. The molecule has 3 aromatic rings. The summed E-state index contributed by atoms with van der Waals surface area (Å²) < 4.78 is 5.61. The van der Waals surface area contributed by atoms with E-state index in [1.165, 1.54) is 16.7 Å². The Kier molecular flexibility index (Phi) is 7.53. The van der Waals surface area contributed by atoms with E-state index < -0.39 is 0 Å². The Hall–Kier alpha value is -3.02. The van der Waals surface area contributed by atoms with Gasteiger partial charge in [-0.3, -0.25) is 9.69 Å². The molecule has 0 bridgehead atoms. The molecular weight excluding hydrogens is 434 g/mol. The van der Waals surface area contributed by atoms with Crippen LogP contribution in [0.2, 0.25) is 5.02 Å². The van der Waals surface area contributed by atoms with Crippen molar-refractivity contribution in [3.05, 3.63) is 94.5 Å². The highest BCUT2D eigenvalue weighted by Gasteiger charge is 2.25. The number of hydrogen-bond donors (Lipinski definition) is 1. The van der Waals surface area contributed by atoms with Crippen LogP contribution in [0.25, 0.3) is 0 Å². The van der Waals surface area contributed by atoms with Gasteiger partial charge in [0.05, 0.1) is 6.04 Å². The summed E-state index contributed by atoms with van der Waals surface area (Å²) in [5.74, 6) is 0.482. The summed E-state index contributed by atoms with van der Waals surface area (Å²) in [4.78, 5) is 17.1. The predicted octanol–water partition coefficient (Wildman–Crippen LogP) is 4.70. The summed E-state index contributed by atoms with van der Waals surface area (Å²) in [6.07, 6.45) is 1.01. The van der Waals surface area contributed by atoms with Crippen molar-refractivity contribution in [2.75, 3.05) is 38.7 Å². The second-order valence-electron chi connectivity index (χ2n) is 8.54. The van der Waals surface area contributed by atoms with Gasteiger partial charge in [0.2, 0.25) is 0 Å². The molecular formula is C27H30ClN3O2. The third kappa shape index (κ3) is 6.06. The van der Waals surface area contributed by atoms with Crippen LogP contribution in [0.5, 0.6) is 5.75 Å². The van der Waals surface area contributed by atoms with Crippen LogP contribution >= 0.6 is 11.6 Å². The topological polar surface area (TPSA) is 44.8 Å². The zero-order valence-corrected chi connectivity index (χ0v) is 19.9. The Bertz CT molecular complexity index is 1070. The molecule has 0 saturated carbocycles. The fourth-order valence-corrected chi connectivity index (χ4v) is 4.30. The summed E-state index contributed by atoms with van der Waals surface area (Å²) >= 11 is 5.91. The molecule has 0 saturated heterocycles. The van der Waals surface area contributed by atoms with Gasteiger partial charge in [0.25, 0.3) is 5.91 Å². The average molecular weight is 464 g/mol. The molecule has 0 fully saturated rings. The molecule has 1 aliphatic heterocycles. The van der Waals surface area contributed by atoms with E-state index in [0.717, 1.165) is 25.2 Å². The second-order valence-corrected chi connectivity index (χ2v) is 8.97. The number of hydrogen-bond acceptors (Lipinski definition) is 4. The second kappa shape index (κ2) is 10.7. The molecule has 5 nitrogen and oxygen atoms in total. The lowest BCUT2D eigenvalue weighted by atomic mass is 9.96. The van der Waals surface area contributed by atoms with Gasteiger partial charge >= 0.3 is 0 Å². The van der Waals surface area contributed by atoms with Crippen LogP contribution < -0.4 is 15.0 Å². The van der Waals surface area contributed by atoms with E-state index in [4.69, 9.17) is 16.3 Å². The quantitative estimate of drug-likeness (QED) is 0.526. The van der Waals surface area contributed by atoms with Crippen molar-refractivity contribution in [2.24, 2.45) is 0 Å². The zero-order chi connectivity index (χ0) is 23.2. The largest absolute Gasteiger partial charge is 0.484 e. The third-order valence-corrected chi connectivity index (χ3v) is 6.32. The van der Waals surface area contributed by atoms with Crippen molar-refractivity contribution >= 4 is 23.2 Å². The SMILES string of the molecule is CN(C)c1ccc([C@@H](CNC(=O)COc2ccc(Cl)cc2)N2CCc3ccccc3C2)cc1. The molecule has 1 amide bonds. The standard InChI is InChI=1S/C27H30ClN3O2/c1-30(2)24-11-7-21(8-12-24)26(31-16-15-20-5-3-4-6-22(20)18-31)17-29-27(32)19-33-25-13-9-23(28)10-14-25/h3-14,26H,15-19H2,1-2H3,(H,29,32)/t26-/m1/s1. The lowest BCUT2D eigenvalue weighted by molar-refractivity contribution is -0.123. The van der Waals surface area contributed by atoms with Gasteiger partial charge < -0.3 is 15.0 Å². The van der Waals surface area contributed by atoms with Gasteiger partial charge in [0.15, 0.2) is 6.61 Å². The number of benzene rings is 3. The van der Waals surface area contributed by atoms with Crippen molar-refractivity contribution in [3.63, 3.8) is 0 Å². The van der Waals surface area contributed by atoms with Crippen LogP contribution in [0.15, 0.2) is 72.8 Å². The molecule has 4 rings (SSSR count). The third-order valence-electron chi connectivity index (χ3n) is 6.07. The summed E-state index contributed by atoms with van der Waals surface area (Å²) in [5, 5.41) is 3.72. The number of carbonyl (C=O) groups excluding carboxylic acids is 1. The molecule has 0 spiro atoms. The molecule has 0 radical (unpaired) electrons. The smallest absolute Gasteiger partial charge is 0.258 e. The number of anilines is 1. The monoisotopic (exact) mass is 463 g/mol.